The molecule has 0 aliphatic rings. The normalized spacial score (nSPS) is 9.56. The Morgan fingerprint density at radius 1 is 1.56 bits per heavy atom. The van der Waals surface area contributed by atoms with E-state index in [-0.39, 0.29) is 0 Å². The third kappa shape index (κ3) is 1.42. The van der Waals surface area contributed by atoms with Crippen molar-refractivity contribution < 1.29 is 0 Å². The second-order valence-electron chi connectivity index (χ2n) is 1.37. The van der Waals surface area contributed by atoms with E-state index in [1.54, 1.807) is 0 Å². The minimum absolute atomic E-state index is 0.314. The van der Waals surface area contributed by atoms with Gasteiger partial charge in [-0.05, 0) is 22.6 Å². The summed E-state index contributed by atoms with van der Waals surface area (Å²) >= 11 is 7.52. The van der Waals surface area contributed by atoms with Crippen LogP contribution in [0.25, 0.3) is 0 Å². The van der Waals surface area contributed by atoms with Crippen LogP contribution in [-0.4, -0.2) is 9.97 Å². The molecule has 2 N–H and O–H groups in total. The molecule has 1 aromatic rings. The van der Waals surface area contributed by atoms with Crippen LogP contribution in [0.4, 0.5) is 5.69 Å². The standard InChI is InChI=1S/C4H3ClIN3/c5-3-2(7)4(6)9-1-8-3/h1H,7H2. The van der Waals surface area contributed by atoms with E-state index in [0.717, 1.165) is 0 Å². The van der Waals surface area contributed by atoms with Gasteiger partial charge in [0, 0.05) is 0 Å². The molecular formula is C4H3ClIN3. The summed E-state index contributed by atoms with van der Waals surface area (Å²) in [5.74, 6) is 0. The van der Waals surface area contributed by atoms with Crippen LogP contribution in [0.5, 0.6) is 0 Å². The van der Waals surface area contributed by atoms with Crippen molar-refractivity contribution in [1.29, 1.82) is 0 Å². The Morgan fingerprint density at radius 2 is 2.22 bits per heavy atom. The Bertz CT molecular complexity index is 207. The maximum absolute atomic E-state index is 5.53. The molecule has 5 heteroatoms. The third-order valence-corrected chi connectivity index (χ3v) is 1.95. The van der Waals surface area contributed by atoms with E-state index in [0.29, 0.717) is 14.5 Å². The quantitative estimate of drug-likeness (QED) is 0.562. The number of nitrogens with zero attached hydrogens (tertiary/aromatic N) is 2. The van der Waals surface area contributed by atoms with E-state index < -0.39 is 0 Å². The van der Waals surface area contributed by atoms with E-state index in [4.69, 9.17) is 17.3 Å². The molecule has 0 aliphatic heterocycles. The molecule has 3 nitrogen and oxygen atoms in total. The fourth-order valence-corrected chi connectivity index (χ4v) is 1.03. The molecule has 0 atom stereocenters. The van der Waals surface area contributed by atoms with E-state index in [9.17, 15) is 0 Å². The average Bonchev–Trinajstić information content (AvgIpc) is 1.83. The van der Waals surface area contributed by atoms with Crippen molar-refractivity contribution in [3.63, 3.8) is 0 Å². The molecule has 0 amide bonds. The first-order valence-corrected chi connectivity index (χ1v) is 3.59. The smallest absolute Gasteiger partial charge is 0.156 e. The monoisotopic (exact) mass is 255 g/mol. The summed E-state index contributed by atoms with van der Waals surface area (Å²) in [5.41, 5.74) is 5.86. The Kier molecular flexibility index (Phi) is 2.07. The van der Waals surface area contributed by atoms with Gasteiger partial charge in [-0.3, -0.25) is 0 Å². The van der Waals surface area contributed by atoms with Crippen LogP contribution in [0.3, 0.4) is 0 Å². The summed E-state index contributed by atoms with van der Waals surface area (Å²) in [6.45, 7) is 0. The number of hydrogen-bond acceptors (Lipinski definition) is 3. The zero-order chi connectivity index (χ0) is 6.85. The number of rotatable bonds is 0. The predicted octanol–water partition coefficient (Wildman–Crippen LogP) is 1.32. The molecule has 0 saturated heterocycles. The highest BCUT2D eigenvalue weighted by Gasteiger charge is 1.99. The van der Waals surface area contributed by atoms with Crippen LogP contribution in [0.2, 0.25) is 5.15 Å². The van der Waals surface area contributed by atoms with Gasteiger partial charge in [-0.2, -0.15) is 0 Å². The average molecular weight is 255 g/mol. The minimum atomic E-state index is 0.314. The molecule has 0 bridgehead atoms. The van der Waals surface area contributed by atoms with Gasteiger partial charge in [0.25, 0.3) is 0 Å². The predicted molar refractivity (Wildman–Crippen MR) is 44.2 cm³/mol. The summed E-state index contributed by atoms with van der Waals surface area (Å²) in [6, 6.07) is 0. The van der Waals surface area contributed by atoms with Crippen LogP contribution in [0, 0.1) is 3.70 Å². The second-order valence-corrected chi connectivity index (χ2v) is 2.75. The first-order chi connectivity index (χ1) is 4.22. The second kappa shape index (κ2) is 2.66. The minimum Gasteiger partial charge on any atom is -0.394 e. The number of anilines is 1. The highest BCUT2D eigenvalue weighted by Crippen LogP contribution is 2.18. The van der Waals surface area contributed by atoms with Crippen molar-refractivity contribution in [2.45, 2.75) is 0 Å². The third-order valence-electron chi connectivity index (χ3n) is 0.787. The summed E-state index contributed by atoms with van der Waals surface area (Å²) in [4.78, 5) is 7.47. The summed E-state index contributed by atoms with van der Waals surface area (Å²) in [6.07, 6.45) is 1.38. The van der Waals surface area contributed by atoms with E-state index in [1.807, 2.05) is 22.6 Å². The van der Waals surface area contributed by atoms with Gasteiger partial charge in [-0.15, -0.1) is 0 Å². The van der Waals surface area contributed by atoms with Crippen LogP contribution in [0.15, 0.2) is 6.33 Å². The number of aromatic nitrogens is 2. The lowest BCUT2D eigenvalue weighted by molar-refractivity contribution is 1.14. The molecule has 0 spiro atoms. The Morgan fingerprint density at radius 3 is 2.67 bits per heavy atom. The van der Waals surface area contributed by atoms with Crippen molar-refractivity contribution in [1.82, 2.24) is 9.97 Å². The van der Waals surface area contributed by atoms with E-state index in [1.165, 1.54) is 6.33 Å². The Labute approximate surface area is 70.8 Å². The topological polar surface area (TPSA) is 51.8 Å². The van der Waals surface area contributed by atoms with Gasteiger partial charge in [0.2, 0.25) is 0 Å². The highest BCUT2D eigenvalue weighted by molar-refractivity contribution is 14.1. The molecule has 9 heavy (non-hydrogen) atoms. The van der Waals surface area contributed by atoms with Gasteiger partial charge < -0.3 is 5.73 Å². The summed E-state index contributed by atoms with van der Waals surface area (Å²) in [5, 5.41) is 0.314. The van der Waals surface area contributed by atoms with Crippen LogP contribution < -0.4 is 5.73 Å². The summed E-state index contributed by atoms with van der Waals surface area (Å²) in [7, 11) is 0. The Balaban J connectivity index is 3.25. The van der Waals surface area contributed by atoms with Crippen LogP contribution >= 0.6 is 34.2 Å². The largest absolute Gasteiger partial charge is 0.394 e. The maximum Gasteiger partial charge on any atom is 0.156 e. The fourth-order valence-electron chi connectivity index (χ4n) is 0.354. The number of nitrogens with two attached hydrogens (primary N) is 1. The lowest BCUT2D eigenvalue weighted by atomic mass is 10.6. The molecule has 0 aromatic carbocycles. The molecule has 1 rings (SSSR count). The zero-order valence-electron chi connectivity index (χ0n) is 4.31. The van der Waals surface area contributed by atoms with E-state index >= 15 is 0 Å². The van der Waals surface area contributed by atoms with Gasteiger partial charge in [0.05, 0.1) is 0 Å². The molecule has 0 saturated carbocycles. The molecule has 0 radical (unpaired) electrons. The van der Waals surface area contributed by atoms with Crippen molar-refractivity contribution in [2.24, 2.45) is 0 Å². The van der Waals surface area contributed by atoms with Gasteiger partial charge in [-0.25, -0.2) is 9.97 Å². The van der Waals surface area contributed by atoms with E-state index in [2.05, 4.69) is 9.97 Å². The van der Waals surface area contributed by atoms with Crippen molar-refractivity contribution in [2.75, 3.05) is 5.73 Å². The lowest BCUT2D eigenvalue weighted by Crippen LogP contribution is -1.94. The van der Waals surface area contributed by atoms with Crippen molar-refractivity contribution in [3.8, 4) is 0 Å². The molecule has 48 valence electrons. The zero-order valence-corrected chi connectivity index (χ0v) is 7.22. The Hall–Kier alpha value is -0.100. The van der Waals surface area contributed by atoms with Crippen molar-refractivity contribution >= 4 is 39.9 Å². The molecule has 1 heterocycles. The maximum atomic E-state index is 5.53. The molecule has 0 aliphatic carbocycles. The highest BCUT2D eigenvalue weighted by atomic mass is 127. The number of nitrogen functional groups attached to an aromatic ring is 1. The SMILES string of the molecule is Nc1c(Cl)ncnc1I. The van der Waals surface area contributed by atoms with Crippen LogP contribution in [-0.2, 0) is 0 Å². The lowest BCUT2D eigenvalue weighted by Gasteiger charge is -1.95. The molecule has 1 aromatic heterocycles. The van der Waals surface area contributed by atoms with Gasteiger partial charge in [0.1, 0.15) is 15.7 Å². The van der Waals surface area contributed by atoms with Gasteiger partial charge in [-0.1, -0.05) is 11.6 Å². The first-order valence-electron chi connectivity index (χ1n) is 2.13. The summed E-state index contributed by atoms with van der Waals surface area (Å²) < 4.78 is 0.688. The van der Waals surface area contributed by atoms with Gasteiger partial charge in [0.15, 0.2) is 5.15 Å². The van der Waals surface area contributed by atoms with Gasteiger partial charge >= 0.3 is 0 Å². The van der Waals surface area contributed by atoms with Crippen LogP contribution in [0.1, 0.15) is 0 Å². The number of hydrogen-bond donors (Lipinski definition) is 1. The van der Waals surface area contributed by atoms with Crippen molar-refractivity contribution in [3.05, 3.63) is 15.2 Å². The fraction of sp³-hybridized carbons (Fsp3) is 0. The number of halogens is 2. The molecular weight excluding hydrogens is 252 g/mol. The molecule has 0 unspecified atom stereocenters. The molecule has 0 fully saturated rings. The first kappa shape index (κ1) is 7.01.